The van der Waals surface area contributed by atoms with Crippen molar-refractivity contribution in [2.75, 3.05) is 13.7 Å². The number of carbonyl (C=O) groups is 1. The fourth-order valence-corrected chi connectivity index (χ4v) is 1.60. The molecule has 0 radical (unpaired) electrons. The summed E-state index contributed by atoms with van der Waals surface area (Å²) in [6.45, 7) is 2.52. The number of ether oxygens (including phenoxy) is 1. The monoisotopic (exact) mass is 214 g/mol. The van der Waals surface area contributed by atoms with E-state index in [1.165, 1.54) is 12.8 Å². The van der Waals surface area contributed by atoms with Gasteiger partial charge in [-0.3, -0.25) is 4.79 Å². The van der Waals surface area contributed by atoms with E-state index >= 15 is 0 Å². The Morgan fingerprint density at radius 2 is 2.27 bits per heavy atom. The van der Waals surface area contributed by atoms with E-state index in [2.05, 4.69) is 5.32 Å². The zero-order chi connectivity index (χ0) is 11.3. The summed E-state index contributed by atoms with van der Waals surface area (Å²) in [6.07, 6.45) is 3.85. The van der Waals surface area contributed by atoms with Crippen LogP contribution in [0.3, 0.4) is 0 Å². The van der Waals surface area contributed by atoms with Crippen molar-refractivity contribution in [2.45, 2.75) is 44.8 Å². The van der Waals surface area contributed by atoms with Gasteiger partial charge in [0.2, 0.25) is 5.91 Å². The van der Waals surface area contributed by atoms with Crippen LogP contribution in [0.2, 0.25) is 0 Å². The second kappa shape index (κ2) is 6.08. The second-order valence-electron chi connectivity index (χ2n) is 4.33. The molecule has 0 bridgehead atoms. The lowest BCUT2D eigenvalue weighted by Crippen LogP contribution is -2.41. The number of carbonyl (C=O) groups excluding carboxylic acids is 1. The van der Waals surface area contributed by atoms with E-state index in [1.54, 1.807) is 7.11 Å². The zero-order valence-electron chi connectivity index (χ0n) is 9.66. The summed E-state index contributed by atoms with van der Waals surface area (Å²) in [5.74, 6) is 0.722. The molecule has 2 atom stereocenters. The van der Waals surface area contributed by atoms with Crippen molar-refractivity contribution >= 4 is 5.91 Å². The van der Waals surface area contributed by atoms with Crippen LogP contribution in [-0.4, -0.2) is 31.7 Å². The summed E-state index contributed by atoms with van der Waals surface area (Å²) in [7, 11) is 1.66. The standard InChI is InChI=1S/C11H22N2O2/c1-8(15-2)3-6-11(14)13-10(7-12)9-4-5-9/h8-10H,3-7,12H2,1-2H3,(H,13,14). The molecule has 2 unspecified atom stereocenters. The number of hydrogen-bond donors (Lipinski definition) is 2. The summed E-state index contributed by atoms with van der Waals surface area (Å²) >= 11 is 0. The molecular formula is C11H22N2O2. The molecule has 88 valence electrons. The zero-order valence-corrected chi connectivity index (χ0v) is 9.66. The Bertz CT molecular complexity index is 205. The van der Waals surface area contributed by atoms with Crippen molar-refractivity contribution in [3.8, 4) is 0 Å². The predicted molar refractivity (Wildman–Crippen MR) is 59.4 cm³/mol. The Balaban J connectivity index is 2.16. The maximum absolute atomic E-state index is 11.5. The summed E-state index contributed by atoms with van der Waals surface area (Å²) in [4.78, 5) is 11.5. The molecule has 1 amide bonds. The first-order chi connectivity index (χ1) is 7.17. The van der Waals surface area contributed by atoms with Crippen LogP contribution in [-0.2, 0) is 9.53 Å². The molecular weight excluding hydrogens is 192 g/mol. The topological polar surface area (TPSA) is 64.3 Å². The first-order valence-electron chi connectivity index (χ1n) is 5.69. The smallest absolute Gasteiger partial charge is 0.220 e. The Morgan fingerprint density at radius 3 is 2.73 bits per heavy atom. The minimum atomic E-state index is 0.0984. The quantitative estimate of drug-likeness (QED) is 0.654. The minimum Gasteiger partial charge on any atom is -0.382 e. The van der Waals surface area contributed by atoms with Crippen LogP contribution in [0.1, 0.15) is 32.6 Å². The second-order valence-corrected chi connectivity index (χ2v) is 4.33. The average Bonchev–Trinajstić information content (AvgIpc) is 3.06. The lowest BCUT2D eigenvalue weighted by molar-refractivity contribution is -0.122. The lowest BCUT2D eigenvalue weighted by atomic mass is 10.1. The van der Waals surface area contributed by atoms with Gasteiger partial charge in [0.1, 0.15) is 0 Å². The van der Waals surface area contributed by atoms with Gasteiger partial charge in [0.25, 0.3) is 0 Å². The van der Waals surface area contributed by atoms with Crippen LogP contribution >= 0.6 is 0 Å². The third kappa shape index (κ3) is 4.62. The summed E-state index contributed by atoms with van der Waals surface area (Å²) in [6, 6.07) is 0.190. The molecule has 0 aromatic rings. The maximum Gasteiger partial charge on any atom is 0.220 e. The summed E-state index contributed by atoms with van der Waals surface area (Å²) < 4.78 is 5.09. The molecule has 1 aliphatic rings. The van der Waals surface area contributed by atoms with Gasteiger partial charge in [-0.15, -0.1) is 0 Å². The van der Waals surface area contributed by atoms with Crippen LogP contribution in [0.5, 0.6) is 0 Å². The molecule has 0 spiro atoms. The van der Waals surface area contributed by atoms with Gasteiger partial charge < -0.3 is 15.8 Å². The molecule has 0 aliphatic heterocycles. The molecule has 0 heterocycles. The first-order valence-corrected chi connectivity index (χ1v) is 5.69. The molecule has 1 rings (SSSR count). The molecule has 0 saturated heterocycles. The van der Waals surface area contributed by atoms with E-state index in [0.717, 1.165) is 6.42 Å². The number of nitrogens with two attached hydrogens (primary N) is 1. The van der Waals surface area contributed by atoms with Gasteiger partial charge in [0.15, 0.2) is 0 Å². The van der Waals surface area contributed by atoms with Crippen molar-refractivity contribution in [3.05, 3.63) is 0 Å². The molecule has 1 fully saturated rings. The van der Waals surface area contributed by atoms with E-state index in [9.17, 15) is 4.79 Å². The largest absolute Gasteiger partial charge is 0.382 e. The molecule has 4 heteroatoms. The van der Waals surface area contributed by atoms with Crippen molar-refractivity contribution in [1.82, 2.24) is 5.32 Å². The molecule has 0 aromatic heterocycles. The fourth-order valence-electron chi connectivity index (χ4n) is 1.60. The van der Waals surface area contributed by atoms with Gasteiger partial charge in [-0.05, 0) is 32.1 Å². The fraction of sp³-hybridized carbons (Fsp3) is 0.909. The van der Waals surface area contributed by atoms with Crippen LogP contribution < -0.4 is 11.1 Å². The highest BCUT2D eigenvalue weighted by Gasteiger charge is 2.31. The normalized spacial score (nSPS) is 19.7. The highest BCUT2D eigenvalue weighted by molar-refractivity contribution is 5.76. The van der Waals surface area contributed by atoms with Gasteiger partial charge in [-0.2, -0.15) is 0 Å². The maximum atomic E-state index is 11.5. The first kappa shape index (κ1) is 12.5. The highest BCUT2D eigenvalue weighted by atomic mass is 16.5. The Morgan fingerprint density at radius 1 is 1.60 bits per heavy atom. The number of methoxy groups -OCH3 is 1. The highest BCUT2D eigenvalue weighted by Crippen LogP contribution is 2.32. The summed E-state index contributed by atoms with van der Waals surface area (Å²) in [5, 5.41) is 2.99. The van der Waals surface area contributed by atoms with E-state index in [4.69, 9.17) is 10.5 Å². The van der Waals surface area contributed by atoms with Crippen LogP contribution in [0, 0.1) is 5.92 Å². The van der Waals surface area contributed by atoms with Crippen molar-refractivity contribution < 1.29 is 9.53 Å². The Labute approximate surface area is 91.5 Å². The van der Waals surface area contributed by atoms with Crippen LogP contribution in [0.25, 0.3) is 0 Å². The van der Waals surface area contributed by atoms with Gasteiger partial charge >= 0.3 is 0 Å². The Hall–Kier alpha value is -0.610. The Kier molecular flexibility index (Phi) is 5.05. The van der Waals surface area contributed by atoms with Gasteiger partial charge in [-0.25, -0.2) is 0 Å². The van der Waals surface area contributed by atoms with E-state index in [0.29, 0.717) is 18.9 Å². The van der Waals surface area contributed by atoms with E-state index in [1.807, 2.05) is 6.92 Å². The molecule has 4 nitrogen and oxygen atoms in total. The van der Waals surface area contributed by atoms with Crippen molar-refractivity contribution in [1.29, 1.82) is 0 Å². The van der Waals surface area contributed by atoms with Gasteiger partial charge in [0.05, 0.1) is 6.10 Å². The minimum absolute atomic E-state index is 0.0984. The number of amides is 1. The number of rotatable bonds is 7. The molecule has 1 aliphatic carbocycles. The van der Waals surface area contributed by atoms with Crippen LogP contribution in [0.4, 0.5) is 0 Å². The third-order valence-corrected chi connectivity index (χ3v) is 2.97. The van der Waals surface area contributed by atoms with Crippen molar-refractivity contribution in [2.24, 2.45) is 11.7 Å². The molecule has 15 heavy (non-hydrogen) atoms. The van der Waals surface area contributed by atoms with Crippen LogP contribution in [0.15, 0.2) is 0 Å². The van der Waals surface area contributed by atoms with Gasteiger partial charge in [0, 0.05) is 26.1 Å². The molecule has 0 aromatic carbocycles. The molecule has 1 saturated carbocycles. The number of hydrogen-bond acceptors (Lipinski definition) is 3. The van der Waals surface area contributed by atoms with E-state index in [-0.39, 0.29) is 18.1 Å². The van der Waals surface area contributed by atoms with Gasteiger partial charge in [-0.1, -0.05) is 0 Å². The van der Waals surface area contributed by atoms with E-state index < -0.39 is 0 Å². The SMILES string of the molecule is COC(C)CCC(=O)NC(CN)C1CC1. The number of nitrogens with one attached hydrogen (secondary N) is 1. The molecule has 3 N–H and O–H groups in total. The summed E-state index contributed by atoms with van der Waals surface area (Å²) in [5.41, 5.74) is 5.60. The average molecular weight is 214 g/mol. The third-order valence-electron chi connectivity index (χ3n) is 2.97. The predicted octanol–water partition coefficient (Wildman–Crippen LogP) is 0.655. The lowest BCUT2D eigenvalue weighted by Gasteiger charge is -2.16. The van der Waals surface area contributed by atoms with Crippen molar-refractivity contribution in [3.63, 3.8) is 0 Å².